The maximum absolute atomic E-state index is 9.71. The highest BCUT2D eigenvalue weighted by Crippen LogP contribution is 2.42. The maximum Gasteiger partial charge on any atom is 0.122 e. The number of rotatable bonds is 5. The molecule has 0 aromatic carbocycles. The van der Waals surface area contributed by atoms with Gasteiger partial charge in [-0.3, -0.25) is 10.2 Å². The third kappa shape index (κ3) is 2.54. The molecule has 1 heterocycles. The van der Waals surface area contributed by atoms with E-state index in [4.69, 9.17) is 4.74 Å². The predicted octanol–water partition coefficient (Wildman–Crippen LogP) is 1.13. The van der Waals surface area contributed by atoms with Crippen LogP contribution >= 0.6 is 0 Å². The number of nitrogens with zero attached hydrogens (tertiary/aromatic N) is 2. The molecule has 1 aliphatic heterocycles. The first-order valence-corrected chi connectivity index (χ1v) is 7.24. The fourth-order valence-corrected chi connectivity index (χ4v) is 2.94. The van der Waals surface area contributed by atoms with E-state index in [9.17, 15) is 5.26 Å². The second-order valence-electron chi connectivity index (χ2n) is 6.17. The van der Waals surface area contributed by atoms with E-state index in [2.05, 4.69) is 23.2 Å². The van der Waals surface area contributed by atoms with Gasteiger partial charge in [0.15, 0.2) is 0 Å². The minimum Gasteiger partial charge on any atom is -0.379 e. The Hall–Kier alpha value is -0.630. The molecule has 2 aliphatic carbocycles. The average molecular weight is 249 g/mol. The minimum atomic E-state index is -0.299. The highest BCUT2D eigenvalue weighted by molar-refractivity contribution is 5.18. The van der Waals surface area contributed by atoms with Gasteiger partial charge in [0.25, 0.3) is 0 Å². The van der Waals surface area contributed by atoms with Crippen molar-refractivity contribution in [2.24, 2.45) is 5.92 Å². The molecule has 100 valence electrons. The van der Waals surface area contributed by atoms with Crippen LogP contribution in [0.3, 0.4) is 0 Å². The van der Waals surface area contributed by atoms with Crippen molar-refractivity contribution in [1.82, 2.24) is 10.2 Å². The number of ether oxygens (including phenoxy) is 1. The van der Waals surface area contributed by atoms with Crippen LogP contribution in [0.25, 0.3) is 0 Å². The van der Waals surface area contributed by atoms with E-state index >= 15 is 0 Å². The van der Waals surface area contributed by atoms with Gasteiger partial charge < -0.3 is 4.74 Å². The van der Waals surface area contributed by atoms with E-state index in [1.54, 1.807) is 0 Å². The Balaban J connectivity index is 1.69. The first kappa shape index (κ1) is 12.4. The van der Waals surface area contributed by atoms with E-state index in [1.165, 1.54) is 25.7 Å². The number of nitrogens with one attached hydrogen (secondary N) is 1. The minimum absolute atomic E-state index is 0.299. The van der Waals surface area contributed by atoms with Crippen LogP contribution in [0.2, 0.25) is 0 Å². The topological polar surface area (TPSA) is 48.3 Å². The second kappa shape index (κ2) is 4.80. The molecule has 18 heavy (non-hydrogen) atoms. The number of nitriles is 1. The van der Waals surface area contributed by atoms with Crippen molar-refractivity contribution in [2.75, 3.05) is 26.3 Å². The number of hydrogen-bond donors (Lipinski definition) is 1. The van der Waals surface area contributed by atoms with Gasteiger partial charge in [-0.1, -0.05) is 0 Å². The van der Waals surface area contributed by atoms with E-state index in [-0.39, 0.29) is 5.54 Å². The van der Waals surface area contributed by atoms with Crippen LogP contribution in [0.5, 0.6) is 0 Å². The van der Waals surface area contributed by atoms with E-state index in [0.29, 0.717) is 18.0 Å². The lowest BCUT2D eigenvalue weighted by Gasteiger charge is -2.39. The third-order valence-electron chi connectivity index (χ3n) is 4.47. The summed E-state index contributed by atoms with van der Waals surface area (Å²) < 4.78 is 5.48. The molecule has 4 heteroatoms. The van der Waals surface area contributed by atoms with E-state index in [0.717, 1.165) is 26.3 Å². The maximum atomic E-state index is 9.71. The summed E-state index contributed by atoms with van der Waals surface area (Å²) in [6, 6.07) is 3.66. The van der Waals surface area contributed by atoms with Crippen LogP contribution in [0, 0.1) is 17.2 Å². The highest BCUT2D eigenvalue weighted by atomic mass is 16.5. The number of morpholine rings is 1. The quantitative estimate of drug-likeness (QED) is 0.793. The van der Waals surface area contributed by atoms with Crippen LogP contribution < -0.4 is 5.32 Å². The summed E-state index contributed by atoms with van der Waals surface area (Å²) >= 11 is 0. The van der Waals surface area contributed by atoms with Gasteiger partial charge in [-0.2, -0.15) is 5.26 Å². The van der Waals surface area contributed by atoms with Crippen molar-refractivity contribution in [3.8, 4) is 6.07 Å². The van der Waals surface area contributed by atoms with Gasteiger partial charge >= 0.3 is 0 Å². The van der Waals surface area contributed by atoms with Crippen molar-refractivity contribution >= 4 is 0 Å². The molecule has 0 radical (unpaired) electrons. The van der Waals surface area contributed by atoms with Gasteiger partial charge in [0, 0.05) is 25.2 Å². The van der Waals surface area contributed by atoms with Crippen molar-refractivity contribution in [2.45, 2.75) is 50.2 Å². The van der Waals surface area contributed by atoms with Crippen LogP contribution in [0.15, 0.2) is 0 Å². The van der Waals surface area contributed by atoms with Crippen molar-refractivity contribution < 1.29 is 4.74 Å². The molecule has 3 aliphatic rings. The molecular formula is C14H23N3O. The molecular weight excluding hydrogens is 226 g/mol. The Kier molecular flexibility index (Phi) is 3.31. The summed E-state index contributed by atoms with van der Waals surface area (Å²) in [7, 11) is 0. The predicted molar refractivity (Wildman–Crippen MR) is 69.1 cm³/mol. The van der Waals surface area contributed by atoms with Crippen LogP contribution in [-0.2, 0) is 4.74 Å². The van der Waals surface area contributed by atoms with Gasteiger partial charge in [-0.05, 0) is 38.5 Å². The zero-order valence-electron chi connectivity index (χ0n) is 11.2. The molecule has 2 saturated carbocycles. The van der Waals surface area contributed by atoms with Crippen LogP contribution in [-0.4, -0.2) is 48.8 Å². The summed E-state index contributed by atoms with van der Waals surface area (Å²) in [5.74, 6) is 0.568. The first-order chi connectivity index (χ1) is 8.73. The summed E-state index contributed by atoms with van der Waals surface area (Å²) in [5, 5.41) is 13.4. The van der Waals surface area contributed by atoms with Crippen molar-refractivity contribution in [1.29, 1.82) is 5.26 Å². The Morgan fingerprint density at radius 2 is 2.17 bits per heavy atom. The summed E-state index contributed by atoms with van der Waals surface area (Å²) in [6.45, 7) is 5.64. The molecule has 2 unspecified atom stereocenters. The zero-order valence-corrected chi connectivity index (χ0v) is 11.2. The fraction of sp³-hybridized carbons (Fsp3) is 0.929. The van der Waals surface area contributed by atoms with E-state index < -0.39 is 0 Å². The summed E-state index contributed by atoms with van der Waals surface area (Å²) in [5.41, 5.74) is -0.299. The normalized spacial score (nSPS) is 32.8. The highest BCUT2D eigenvalue weighted by Gasteiger charge is 2.49. The number of hydrogen-bond acceptors (Lipinski definition) is 4. The Bertz CT molecular complexity index is 345. The molecule has 1 N–H and O–H groups in total. The summed E-state index contributed by atoms with van der Waals surface area (Å²) in [4.78, 5) is 2.43. The monoisotopic (exact) mass is 249 g/mol. The van der Waals surface area contributed by atoms with Gasteiger partial charge in [-0.25, -0.2) is 0 Å². The lowest BCUT2D eigenvalue weighted by molar-refractivity contribution is -0.0108. The Morgan fingerprint density at radius 3 is 2.72 bits per heavy atom. The van der Waals surface area contributed by atoms with Crippen molar-refractivity contribution in [3.63, 3.8) is 0 Å². The van der Waals surface area contributed by atoms with Gasteiger partial charge in [0.1, 0.15) is 5.54 Å². The lowest BCUT2D eigenvalue weighted by atomic mass is 9.93. The molecule has 0 amide bonds. The van der Waals surface area contributed by atoms with Crippen molar-refractivity contribution in [3.05, 3.63) is 0 Å². The van der Waals surface area contributed by atoms with Crippen LogP contribution in [0.4, 0.5) is 0 Å². The van der Waals surface area contributed by atoms with Gasteiger partial charge in [0.05, 0.1) is 19.3 Å². The van der Waals surface area contributed by atoms with Crippen LogP contribution in [0.1, 0.15) is 32.6 Å². The molecule has 4 nitrogen and oxygen atoms in total. The summed E-state index contributed by atoms with van der Waals surface area (Å²) in [6.07, 6.45) is 4.92. The molecule has 1 saturated heterocycles. The molecule has 0 spiro atoms. The Labute approximate surface area is 109 Å². The Morgan fingerprint density at radius 1 is 1.39 bits per heavy atom. The second-order valence-corrected chi connectivity index (χ2v) is 6.17. The van der Waals surface area contributed by atoms with E-state index in [1.807, 2.05) is 0 Å². The average Bonchev–Trinajstić information content (AvgIpc) is 3.24. The SMILES string of the molecule is CC1COCCN1CC(C#N)(NC1CC1)C1CC1. The molecule has 0 bridgehead atoms. The lowest BCUT2D eigenvalue weighted by Crippen LogP contribution is -2.58. The smallest absolute Gasteiger partial charge is 0.122 e. The van der Waals surface area contributed by atoms with Gasteiger partial charge in [0.2, 0.25) is 0 Å². The standard InChI is InChI=1S/C14H23N3O/c1-11-8-18-7-6-17(11)10-14(9-15,12-2-3-12)16-13-4-5-13/h11-13,16H,2-8,10H2,1H3. The molecule has 0 aromatic rings. The fourth-order valence-electron chi connectivity index (χ4n) is 2.94. The molecule has 3 fully saturated rings. The first-order valence-electron chi connectivity index (χ1n) is 7.24. The van der Waals surface area contributed by atoms with Gasteiger partial charge in [-0.15, -0.1) is 0 Å². The molecule has 3 rings (SSSR count). The largest absolute Gasteiger partial charge is 0.379 e. The molecule has 2 atom stereocenters. The zero-order chi connectivity index (χ0) is 12.6. The third-order valence-corrected chi connectivity index (χ3v) is 4.47. The molecule has 0 aromatic heterocycles.